The number of nitrogens with one attached hydrogen (secondary N) is 2. The van der Waals surface area contributed by atoms with Gasteiger partial charge in [0.2, 0.25) is 0 Å². The number of benzene rings is 1. The molecule has 0 bridgehead atoms. The highest BCUT2D eigenvalue weighted by atomic mass is 16.5. The highest BCUT2D eigenvalue weighted by Crippen LogP contribution is 2.29. The Balaban J connectivity index is 2.04. The van der Waals surface area contributed by atoms with Gasteiger partial charge in [-0.1, -0.05) is 6.58 Å². The number of aromatic nitrogens is 1. The summed E-state index contributed by atoms with van der Waals surface area (Å²) in [6.45, 7) is 6.77. The molecule has 2 N–H and O–H groups in total. The van der Waals surface area contributed by atoms with Crippen LogP contribution in [0, 0.1) is 6.92 Å². The molecule has 0 amide bonds. The number of esters is 1. The third-order valence-corrected chi connectivity index (χ3v) is 3.59. The molecule has 0 saturated heterocycles. The molecule has 5 heteroatoms. The Labute approximate surface area is 130 Å². The van der Waals surface area contributed by atoms with Gasteiger partial charge in [-0.25, -0.2) is 4.79 Å². The van der Waals surface area contributed by atoms with Crippen molar-refractivity contribution in [1.82, 2.24) is 10.3 Å². The first kappa shape index (κ1) is 15.9. The minimum Gasteiger partial charge on any atom is -0.496 e. The monoisotopic (exact) mass is 302 g/mol. The SMILES string of the molecule is C=CNCCCCOC(=O)c1c[nH]c2ccc(OC)c(C)c12. The van der Waals surface area contributed by atoms with E-state index in [1.165, 1.54) is 0 Å². The van der Waals surface area contributed by atoms with E-state index in [9.17, 15) is 4.79 Å². The van der Waals surface area contributed by atoms with Gasteiger partial charge >= 0.3 is 5.97 Å². The number of H-pyrrole nitrogens is 1. The molecule has 22 heavy (non-hydrogen) atoms. The van der Waals surface area contributed by atoms with Crippen molar-refractivity contribution in [3.63, 3.8) is 0 Å². The number of unbranched alkanes of at least 4 members (excludes halogenated alkanes) is 1. The third-order valence-electron chi connectivity index (χ3n) is 3.59. The molecule has 0 unspecified atom stereocenters. The van der Waals surface area contributed by atoms with Crippen LogP contribution < -0.4 is 10.1 Å². The van der Waals surface area contributed by atoms with E-state index in [-0.39, 0.29) is 5.97 Å². The van der Waals surface area contributed by atoms with Crippen LogP contribution in [0.15, 0.2) is 31.1 Å². The summed E-state index contributed by atoms with van der Waals surface area (Å²) in [5.41, 5.74) is 2.39. The first-order valence-electron chi connectivity index (χ1n) is 7.35. The third kappa shape index (κ3) is 3.42. The van der Waals surface area contributed by atoms with Crippen molar-refractivity contribution < 1.29 is 14.3 Å². The smallest absolute Gasteiger partial charge is 0.340 e. The Bertz CT molecular complexity index is 661. The van der Waals surface area contributed by atoms with E-state index in [1.54, 1.807) is 19.5 Å². The first-order valence-corrected chi connectivity index (χ1v) is 7.35. The summed E-state index contributed by atoms with van der Waals surface area (Å²) in [5.74, 6) is 0.455. The lowest BCUT2D eigenvalue weighted by Gasteiger charge is -2.08. The number of aromatic amines is 1. The van der Waals surface area contributed by atoms with E-state index in [0.29, 0.717) is 12.2 Å². The summed E-state index contributed by atoms with van der Waals surface area (Å²) in [6.07, 6.45) is 5.10. The van der Waals surface area contributed by atoms with Crippen molar-refractivity contribution in [3.8, 4) is 5.75 Å². The molecule has 118 valence electrons. The van der Waals surface area contributed by atoms with Crippen LogP contribution in [0.3, 0.4) is 0 Å². The number of carbonyl (C=O) groups excluding carboxylic acids is 1. The van der Waals surface area contributed by atoms with Crippen LogP contribution in [0.25, 0.3) is 10.9 Å². The highest BCUT2D eigenvalue weighted by molar-refractivity contribution is 6.06. The Kier molecular flexibility index (Phi) is 5.47. The van der Waals surface area contributed by atoms with Gasteiger partial charge in [-0.2, -0.15) is 0 Å². The summed E-state index contributed by atoms with van der Waals surface area (Å²) in [5, 5.41) is 3.87. The predicted octanol–water partition coefficient (Wildman–Crippen LogP) is 3.16. The molecule has 0 radical (unpaired) electrons. The molecule has 2 rings (SSSR count). The number of fused-ring (bicyclic) bond motifs is 1. The molecule has 2 aromatic rings. The molecule has 0 aliphatic heterocycles. The van der Waals surface area contributed by atoms with E-state index >= 15 is 0 Å². The molecular weight excluding hydrogens is 280 g/mol. The quantitative estimate of drug-likeness (QED) is 0.581. The second-order valence-electron chi connectivity index (χ2n) is 5.02. The van der Waals surface area contributed by atoms with Crippen molar-refractivity contribution in [2.24, 2.45) is 0 Å². The van der Waals surface area contributed by atoms with Gasteiger partial charge in [-0.05, 0) is 38.1 Å². The van der Waals surface area contributed by atoms with E-state index in [0.717, 1.165) is 41.6 Å². The Morgan fingerprint density at radius 3 is 2.95 bits per heavy atom. The zero-order valence-corrected chi connectivity index (χ0v) is 13.1. The highest BCUT2D eigenvalue weighted by Gasteiger charge is 2.17. The fourth-order valence-electron chi connectivity index (χ4n) is 2.44. The lowest BCUT2D eigenvalue weighted by atomic mass is 10.1. The van der Waals surface area contributed by atoms with E-state index in [1.807, 2.05) is 19.1 Å². The van der Waals surface area contributed by atoms with Gasteiger partial charge in [0.1, 0.15) is 5.75 Å². The summed E-state index contributed by atoms with van der Waals surface area (Å²) < 4.78 is 10.7. The first-order chi connectivity index (χ1) is 10.7. The van der Waals surface area contributed by atoms with Gasteiger partial charge in [0.15, 0.2) is 0 Å². The lowest BCUT2D eigenvalue weighted by Crippen LogP contribution is -2.10. The molecule has 1 heterocycles. The van der Waals surface area contributed by atoms with Gasteiger partial charge in [0.25, 0.3) is 0 Å². The molecule has 0 saturated carbocycles. The Morgan fingerprint density at radius 2 is 2.23 bits per heavy atom. The average molecular weight is 302 g/mol. The van der Waals surface area contributed by atoms with E-state index in [2.05, 4.69) is 16.9 Å². The van der Waals surface area contributed by atoms with Gasteiger partial charge < -0.3 is 19.8 Å². The predicted molar refractivity (Wildman–Crippen MR) is 87.3 cm³/mol. The lowest BCUT2D eigenvalue weighted by molar-refractivity contribution is 0.0501. The number of hydrogen-bond acceptors (Lipinski definition) is 4. The number of methoxy groups -OCH3 is 1. The van der Waals surface area contributed by atoms with Crippen LogP contribution >= 0.6 is 0 Å². The van der Waals surface area contributed by atoms with Crippen LogP contribution in [-0.2, 0) is 4.74 Å². The maximum atomic E-state index is 12.2. The van der Waals surface area contributed by atoms with Crippen LogP contribution in [0.4, 0.5) is 0 Å². The zero-order valence-electron chi connectivity index (χ0n) is 13.1. The summed E-state index contributed by atoms with van der Waals surface area (Å²) in [4.78, 5) is 15.3. The van der Waals surface area contributed by atoms with Crippen LogP contribution in [0.1, 0.15) is 28.8 Å². The van der Waals surface area contributed by atoms with Crippen LogP contribution in [0.5, 0.6) is 5.75 Å². The van der Waals surface area contributed by atoms with Crippen LogP contribution in [0.2, 0.25) is 0 Å². The molecule has 0 aliphatic rings. The molecule has 1 aromatic heterocycles. The zero-order chi connectivity index (χ0) is 15.9. The molecule has 1 aromatic carbocycles. The summed E-state index contributed by atoms with van der Waals surface area (Å²) in [6, 6.07) is 3.79. The van der Waals surface area contributed by atoms with Gasteiger partial charge in [-0.15, -0.1) is 0 Å². The topological polar surface area (TPSA) is 63.3 Å². The van der Waals surface area contributed by atoms with Crippen molar-refractivity contribution in [1.29, 1.82) is 0 Å². The van der Waals surface area contributed by atoms with Gasteiger partial charge in [0, 0.05) is 29.2 Å². The second-order valence-corrected chi connectivity index (χ2v) is 5.02. The van der Waals surface area contributed by atoms with E-state index in [4.69, 9.17) is 9.47 Å². The number of rotatable bonds is 8. The van der Waals surface area contributed by atoms with Crippen molar-refractivity contribution in [3.05, 3.63) is 42.2 Å². The minimum absolute atomic E-state index is 0.306. The number of aryl methyl sites for hydroxylation is 1. The summed E-state index contributed by atoms with van der Waals surface area (Å²) >= 11 is 0. The fraction of sp³-hybridized carbons (Fsp3) is 0.353. The Morgan fingerprint density at radius 1 is 1.41 bits per heavy atom. The largest absolute Gasteiger partial charge is 0.496 e. The molecule has 0 spiro atoms. The number of carbonyl (C=O) groups is 1. The summed E-state index contributed by atoms with van der Waals surface area (Å²) in [7, 11) is 1.62. The molecule has 0 aliphatic carbocycles. The van der Waals surface area contributed by atoms with Gasteiger partial charge in [-0.3, -0.25) is 0 Å². The number of ether oxygens (including phenoxy) is 2. The average Bonchev–Trinajstić information content (AvgIpc) is 2.96. The standard InChI is InChI=1S/C17H22N2O3/c1-4-18-9-5-6-10-22-17(20)13-11-19-14-7-8-15(21-3)12(2)16(13)14/h4,7-8,11,18-19H,1,5-6,9-10H2,2-3H3. The minimum atomic E-state index is -0.306. The van der Waals surface area contributed by atoms with Crippen molar-refractivity contribution >= 4 is 16.9 Å². The molecule has 5 nitrogen and oxygen atoms in total. The molecular formula is C17H22N2O3. The molecule has 0 atom stereocenters. The number of hydrogen-bond donors (Lipinski definition) is 2. The maximum Gasteiger partial charge on any atom is 0.340 e. The van der Waals surface area contributed by atoms with Crippen molar-refractivity contribution in [2.45, 2.75) is 19.8 Å². The normalized spacial score (nSPS) is 10.5. The Hall–Kier alpha value is -2.43. The maximum absolute atomic E-state index is 12.2. The fourth-order valence-corrected chi connectivity index (χ4v) is 2.44. The second kappa shape index (κ2) is 7.54. The van der Waals surface area contributed by atoms with Crippen molar-refractivity contribution in [2.75, 3.05) is 20.3 Å². The molecule has 0 fully saturated rings. The van der Waals surface area contributed by atoms with E-state index < -0.39 is 0 Å². The van der Waals surface area contributed by atoms with Gasteiger partial charge in [0.05, 0.1) is 19.3 Å². The van der Waals surface area contributed by atoms with Crippen LogP contribution in [-0.4, -0.2) is 31.2 Å².